The van der Waals surface area contributed by atoms with E-state index in [0.717, 1.165) is 35.8 Å². The molecule has 0 radical (unpaired) electrons. The molecule has 0 spiro atoms. The van der Waals surface area contributed by atoms with Crippen molar-refractivity contribution in [1.82, 2.24) is 4.90 Å². The predicted octanol–water partition coefficient (Wildman–Crippen LogP) is 4.23. The third kappa shape index (κ3) is 5.18. The molecule has 0 aliphatic carbocycles. The molecule has 5 nitrogen and oxygen atoms in total. The molecule has 0 unspecified atom stereocenters. The first-order valence-corrected chi connectivity index (χ1v) is 10.1. The van der Waals surface area contributed by atoms with Crippen LogP contribution in [-0.2, 0) is 17.8 Å². The minimum absolute atomic E-state index is 0.175. The van der Waals surface area contributed by atoms with Crippen LogP contribution >= 0.6 is 0 Å². The second-order valence-corrected chi connectivity index (χ2v) is 6.76. The average molecular weight is 383 g/mol. The number of para-hydroxylation sites is 1. The van der Waals surface area contributed by atoms with Crippen LogP contribution in [0.2, 0.25) is 0 Å². The van der Waals surface area contributed by atoms with Crippen LogP contribution in [0.5, 0.6) is 17.2 Å². The van der Waals surface area contributed by atoms with Crippen molar-refractivity contribution in [2.45, 2.75) is 39.7 Å². The molecule has 0 N–H and O–H groups in total. The Morgan fingerprint density at radius 1 is 0.964 bits per heavy atom. The Morgan fingerprint density at radius 2 is 1.64 bits per heavy atom. The first-order chi connectivity index (χ1) is 13.7. The van der Waals surface area contributed by atoms with Crippen molar-refractivity contribution in [3.05, 3.63) is 53.6 Å². The SMILES string of the molecule is CCOc1cc2c(cc1OCC)CN(C(=O)CCCOc1ccccc1)CC2. The third-order valence-corrected chi connectivity index (χ3v) is 4.78. The number of amides is 1. The molecule has 0 saturated heterocycles. The van der Waals surface area contributed by atoms with Gasteiger partial charge in [0, 0.05) is 19.5 Å². The van der Waals surface area contributed by atoms with Crippen LogP contribution in [0.1, 0.15) is 37.8 Å². The van der Waals surface area contributed by atoms with Crippen LogP contribution in [0.25, 0.3) is 0 Å². The summed E-state index contributed by atoms with van der Waals surface area (Å²) in [5.41, 5.74) is 2.38. The monoisotopic (exact) mass is 383 g/mol. The molecule has 0 fully saturated rings. The summed E-state index contributed by atoms with van der Waals surface area (Å²) in [6.07, 6.45) is 2.05. The number of fused-ring (bicyclic) bond motifs is 1. The lowest BCUT2D eigenvalue weighted by atomic mass is 9.98. The molecule has 0 bridgehead atoms. The molecule has 0 atom stereocenters. The summed E-state index contributed by atoms with van der Waals surface area (Å²) in [4.78, 5) is 14.5. The molecule has 1 aliphatic heterocycles. The Kier molecular flexibility index (Phi) is 7.18. The van der Waals surface area contributed by atoms with Gasteiger partial charge in [0.2, 0.25) is 5.91 Å². The summed E-state index contributed by atoms with van der Waals surface area (Å²) in [5.74, 6) is 2.57. The highest BCUT2D eigenvalue weighted by atomic mass is 16.5. The fourth-order valence-corrected chi connectivity index (χ4v) is 3.40. The Balaban J connectivity index is 1.54. The van der Waals surface area contributed by atoms with E-state index in [1.165, 1.54) is 5.56 Å². The average Bonchev–Trinajstić information content (AvgIpc) is 2.72. The molecule has 3 rings (SSSR count). The number of nitrogens with zero attached hydrogens (tertiary/aromatic N) is 1. The molecule has 0 saturated carbocycles. The molecule has 28 heavy (non-hydrogen) atoms. The van der Waals surface area contributed by atoms with Crippen molar-refractivity contribution in [2.24, 2.45) is 0 Å². The second-order valence-electron chi connectivity index (χ2n) is 6.76. The van der Waals surface area contributed by atoms with Gasteiger partial charge in [-0.05, 0) is 62.1 Å². The van der Waals surface area contributed by atoms with Crippen molar-refractivity contribution in [2.75, 3.05) is 26.4 Å². The predicted molar refractivity (Wildman–Crippen MR) is 109 cm³/mol. The summed E-state index contributed by atoms with van der Waals surface area (Å²) in [6.45, 7) is 7.04. The van der Waals surface area contributed by atoms with Gasteiger partial charge in [0.1, 0.15) is 5.75 Å². The molecular weight excluding hydrogens is 354 g/mol. The number of hydrogen-bond acceptors (Lipinski definition) is 4. The van der Waals surface area contributed by atoms with Crippen molar-refractivity contribution >= 4 is 5.91 Å². The maximum atomic E-state index is 12.6. The topological polar surface area (TPSA) is 48.0 Å². The third-order valence-electron chi connectivity index (χ3n) is 4.78. The van der Waals surface area contributed by atoms with Gasteiger partial charge in [-0.25, -0.2) is 0 Å². The van der Waals surface area contributed by atoms with Gasteiger partial charge in [-0.1, -0.05) is 18.2 Å². The zero-order valence-electron chi connectivity index (χ0n) is 16.8. The van der Waals surface area contributed by atoms with E-state index in [1.54, 1.807) is 0 Å². The summed E-state index contributed by atoms with van der Waals surface area (Å²) in [7, 11) is 0. The number of carbonyl (C=O) groups is 1. The van der Waals surface area contributed by atoms with Gasteiger partial charge in [-0.2, -0.15) is 0 Å². The zero-order chi connectivity index (χ0) is 19.8. The smallest absolute Gasteiger partial charge is 0.223 e. The molecule has 2 aromatic rings. The van der Waals surface area contributed by atoms with Crippen molar-refractivity contribution in [3.63, 3.8) is 0 Å². The number of ether oxygens (including phenoxy) is 3. The fraction of sp³-hybridized carbons (Fsp3) is 0.435. The molecule has 1 amide bonds. The summed E-state index contributed by atoms with van der Waals surface area (Å²) < 4.78 is 17.1. The van der Waals surface area contributed by atoms with Crippen LogP contribution < -0.4 is 14.2 Å². The van der Waals surface area contributed by atoms with Gasteiger partial charge < -0.3 is 19.1 Å². The van der Waals surface area contributed by atoms with E-state index in [9.17, 15) is 4.79 Å². The summed E-state index contributed by atoms with van der Waals surface area (Å²) in [6, 6.07) is 13.8. The second kappa shape index (κ2) is 10.0. The number of carbonyl (C=O) groups excluding carboxylic acids is 1. The fourth-order valence-electron chi connectivity index (χ4n) is 3.40. The van der Waals surface area contributed by atoms with E-state index in [2.05, 4.69) is 6.07 Å². The number of rotatable bonds is 9. The summed E-state index contributed by atoms with van der Waals surface area (Å²) >= 11 is 0. The lowest BCUT2D eigenvalue weighted by Gasteiger charge is -2.30. The van der Waals surface area contributed by atoms with Crippen LogP contribution in [0.15, 0.2) is 42.5 Å². The van der Waals surface area contributed by atoms with E-state index in [4.69, 9.17) is 14.2 Å². The maximum absolute atomic E-state index is 12.6. The maximum Gasteiger partial charge on any atom is 0.223 e. The minimum atomic E-state index is 0.175. The van der Waals surface area contributed by atoms with E-state index < -0.39 is 0 Å². The molecule has 2 aromatic carbocycles. The number of hydrogen-bond donors (Lipinski definition) is 0. The van der Waals surface area contributed by atoms with Crippen molar-refractivity contribution in [3.8, 4) is 17.2 Å². The lowest BCUT2D eigenvalue weighted by Crippen LogP contribution is -2.36. The van der Waals surface area contributed by atoms with E-state index in [-0.39, 0.29) is 5.91 Å². The molecule has 1 aliphatic rings. The highest BCUT2D eigenvalue weighted by molar-refractivity contribution is 5.76. The lowest BCUT2D eigenvalue weighted by molar-refractivity contribution is -0.132. The highest BCUT2D eigenvalue weighted by Gasteiger charge is 2.22. The Bertz CT molecular complexity index is 776. The van der Waals surface area contributed by atoms with Crippen LogP contribution in [0.4, 0.5) is 0 Å². The van der Waals surface area contributed by atoms with E-state index in [1.807, 2.05) is 55.1 Å². The van der Waals surface area contributed by atoms with E-state index >= 15 is 0 Å². The Labute approximate surface area is 167 Å². The standard InChI is InChI=1S/C23H29NO4/c1-3-26-21-15-18-12-13-24(17-19(18)16-22(21)27-4-2)23(25)11-8-14-28-20-9-6-5-7-10-20/h5-7,9-10,15-16H,3-4,8,11-14,17H2,1-2H3. The molecule has 1 heterocycles. The molecule has 150 valence electrons. The van der Waals surface area contributed by atoms with Gasteiger partial charge in [0.25, 0.3) is 0 Å². The first kappa shape index (κ1) is 20.1. The van der Waals surface area contributed by atoms with Gasteiger partial charge in [0.05, 0.1) is 19.8 Å². The normalized spacial score (nSPS) is 13.0. The van der Waals surface area contributed by atoms with Gasteiger partial charge >= 0.3 is 0 Å². The van der Waals surface area contributed by atoms with Crippen LogP contribution in [0, 0.1) is 0 Å². The summed E-state index contributed by atoms with van der Waals surface area (Å²) in [5, 5.41) is 0. The Morgan fingerprint density at radius 3 is 2.32 bits per heavy atom. The first-order valence-electron chi connectivity index (χ1n) is 10.1. The minimum Gasteiger partial charge on any atom is -0.494 e. The number of benzene rings is 2. The molecule has 5 heteroatoms. The molecule has 0 aromatic heterocycles. The van der Waals surface area contributed by atoms with Gasteiger partial charge in [-0.3, -0.25) is 4.79 Å². The molecular formula is C23H29NO4. The zero-order valence-corrected chi connectivity index (χ0v) is 16.8. The van der Waals surface area contributed by atoms with Crippen LogP contribution in [-0.4, -0.2) is 37.2 Å². The van der Waals surface area contributed by atoms with Gasteiger partial charge in [0.15, 0.2) is 11.5 Å². The van der Waals surface area contributed by atoms with Crippen LogP contribution in [0.3, 0.4) is 0 Å². The Hall–Kier alpha value is -2.69. The quantitative estimate of drug-likeness (QED) is 0.608. The van der Waals surface area contributed by atoms with Gasteiger partial charge in [-0.15, -0.1) is 0 Å². The van der Waals surface area contributed by atoms with Crippen molar-refractivity contribution in [1.29, 1.82) is 0 Å². The van der Waals surface area contributed by atoms with Crippen molar-refractivity contribution < 1.29 is 19.0 Å². The largest absolute Gasteiger partial charge is 0.494 e. The van der Waals surface area contributed by atoms with E-state index in [0.29, 0.717) is 39.2 Å². The highest BCUT2D eigenvalue weighted by Crippen LogP contribution is 2.34.